The molecular formula is C14H18O3. The molecule has 0 saturated carbocycles. The highest BCUT2D eigenvalue weighted by Crippen LogP contribution is 2.15. The van der Waals surface area contributed by atoms with E-state index in [1.165, 1.54) is 0 Å². The summed E-state index contributed by atoms with van der Waals surface area (Å²) >= 11 is 0. The zero-order chi connectivity index (χ0) is 12.7. The number of carbonyl (C=O) groups is 1. The van der Waals surface area contributed by atoms with Gasteiger partial charge in [-0.3, -0.25) is 4.79 Å². The molecule has 0 amide bonds. The number of rotatable bonds is 7. The predicted molar refractivity (Wildman–Crippen MR) is 66.6 cm³/mol. The lowest BCUT2D eigenvalue weighted by molar-refractivity contribution is -0.141. The van der Waals surface area contributed by atoms with Gasteiger partial charge in [0.25, 0.3) is 0 Å². The maximum absolute atomic E-state index is 10.7. The molecule has 3 heteroatoms. The first-order chi connectivity index (χ1) is 8.13. The van der Waals surface area contributed by atoms with Crippen molar-refractivity contribution in [3.05, 3.63) is 48.6 Å². The van der Waals surface area contributed by atoms with Crippen molar-refractivity contribution in [3.8, 4) is 0 Å². The number of carboxylic acids is 1. The monoisotopic (exact) mass is 234 g/mol. The van der Waals surface area contributed by atoms with E-state index in [1.807, 2.05) is 37.3 Å². The molecule has 0 bridgehead atoms. The van der Waals surface area contributed by atoms with E-state index in [4.69, 9.17) is 9.84 Å². The molecule has 1 aromatic carbocycles. The second-order valence-corrected chi connectivity index (χ2v) is 4.03. The van der Waals surface area contributed by atoms with Crippen LogP contribution in [0.25, 0.3) is 0 Å². The van der Waals surface area contributed by atoms with Crippen molar-refractivity contribution in [2.75, 3.05) is 0 Å². The Morgan fingerprint density at radius 2 is 2.12 bits per heavy atom. The van der Waals surface area contributed by atoms with E-state index in [1.54, 1.807) is 6.08 Å². The summed E-state index contributed by atoms with van der Waals surface area (Å²) in [6.07, 6.45) is 1.39. The first kappa shape index (κ1) is 13.5. The van der Waals surface area contributed by atoms with Crippen molar-refractivity contribution >= 4 is 5.97 Å². The summed E-state index contributed by atoms with van der Waals surface area (Å²) in [5.41, 5.74) is 1.04. The van der Waals surface area contributed by atoms with E-state index in [-0.39, 0.29) is 18.4 Å². The highest BCUT2D eigenvalue weighted by atomic mass is 16.5. The van der Waals surface area contributed by atoms with Crippen molar-refractivity contribution in [2.24, 2.45) is 5.92 Å². The van der Waals surface area contributed by atoms with Gasteiger partial charge in [0.1, 0.15) is 0 Å². The van der Waals surface area contributed by atoms with Crippen LogP contribution >= 0.6 is 0 Å². The van der Waals surface area contributed by atoms with Gasteiger partial charge in [-0.05, 0) is 5.56 Å². The number of hydrogen-bond donors (Lipinski definition) is 1. The Kier molecular flexibility index (Phi) is 5.43. The molecular weight excluding hydrogens is 216 g/mol. The standard InChI is InChI=1S/C14H18O3/c1-3-11(2)13(9-14(15)16)17-10-12-7-5-4-6-8-12/h3-8,11,13H,1,9-10H2,2H3,(H,15,16)/t11-,13+/m0/s1. The van der Waals surface area contributed by atoms with Crippen LogP contribution in [-0.4, -0.2) is 17.2 Å². The van der Waals surface area contributed by atoms with Gasteiger partial charge in [-0.15, -0.1) is 6.58 Å². The van der Waals surface area contributed by atoms with E-state index in [0.29, 0.717) is 6.61 Å². The van der Waals surface area contributed by atoms with Crippen molar-refractivity contribution in [3.63, 3.8) is 0 Å². The first-order valence-corrected chi connectivity index (χ1v) is 5.63. The van der Waals surface area contributed by atoms with Gasteiger partial charge >= 0.3 is 5.97 Å². The lowest BCUT2D eigenvalue weighted by atomic mass is 10.0. The smallest absolute Gasteiger partial charge is 0.306 e. The quantitative estimate of drug-likeness (QED) is 0.738. The van der Waals surface area contributed by atoms with E-state index in [9.17, 15) is 4.79 Å². The summed E-state index contributed by atoms with van der Waals surface area (Å²) in [4.78, 5) is 10.7. The largest absolute Gasteiger partial charge is 0.481 e. The third kappa shape index (κ3) is 4.83. The van der Waals surface area contributed by atoms with Crippen LogP contribution in [-0.2, 0) is 16.1 Å². The second kappa shape index (κ2) is 6.86. The molecule has 0 unspecified atom stereocenters. The molecule has 0 aliphatic rings. The molecule has 0 aliphatic carbocycles. The summed E-state index contributed by atoms with van der Waals surface area (Å²) < 4.78 is 5.64. The Morgan fingerprint density at radius 3 is 2.65 bits per heavy atom. The summed E-state index contributed by atoms with van der Waals surface area (Å²) in [5, 5.41) is 8.81. The Morgan fingerprint density at radius 1 is 1.47 bits per heavy atom. The molecule has 0 spiro atoms. The van der Waals surface area contributed by atoms with Crippen molar-refractivity contribution in [1.82, 2.24) is 0 Å². The molecule has 0 fully saturated rings. The van der Waals surface area contributed by atoms with Crippen molar-refractivity contribution < 1.29 is 14.6 Å². The van der Waals surface area contributed by atoms with Crippen LogP contribution < -0.4 is 0 Å². The highest BCUT2D eigenvalue weighted by Gasteiger charge is 2.18. The lowest BCUT2D eigenvalue weighted by Gasteiger charge is -2.20. The van der Waals surface area contributed by atoms with E-state index >= 15 is 0 Å². The first-order valence-electron chi connectivity index (χ1n) is 5.63. The minimum atomic E-state index is -0.850. The Balaban J connectivity index is 2.54. The zero-order valence-electron chi connectivity index (χ0n) is 10.0. The number of ether oxygens (including phenoxy) is 1. The van der Waals surface area contributed by atoms with Crippen LogP contribution in [0.4, 0.5) is 0 Å². The molecule has 3 nitrogen and oxygen atoms in total. The molecule has 0 aliphatic heterocycles. The topological polar surface area (TPSA) is 46.5 Å². The second-order valence-electron chi connectivity index (χ2n) is 4.03. The van der Waals surface area contributed by atoms with Gasteiger partial charge in [0.05, 0.1) is 19.1 Å². The fourth-order valence-electron chi connectivity index (χ4n) is 1.50. The predicted octanol–water partition coefficient (Wildman–Crippen LogP) is 2.87. The van der Waals surface area contributed by atoms with Crippen LogP contribution in [0.1, 0.15) is 18.9 Å². The van der Waals surface area contributed by atoms with Gasteiger partial charge in [-0.1, -0.05) is 43.3 Å². The number of aliphatic carboxylic acids is 1. The van der Waals surface area contributed by atoms with Crippen LogP contribution in [0, 0.1) is 5.92 Å². The van der Waals surface area contributed by atoms with Gasteiger partial charge in [0.2, 0.25) is 0 Å². The minimum Gasteiger partial charge on any atom is -0.481 e. The molecule has 0 aromatic heterocycles. The maximum atomic E-state index is 10.7. The van der Waals surface area contributed by atoms with Crippen molar-refractivity contribution in [2.45, 2.75) is 26.1 Å². The summed E-state index contributed by atoms with van der Waals surface area (Å²) in [5.74, 6) is -0.827. The number of carboxylic acid groups (broad SMARTS) is 1. The molecule has 1 aromatic rings. The Labute approximate surface area is 102 Å². The summed E-state index contributed by atoms with van der Waals surface area (Å²) in [7, 11) is 0. The number of benzene rings is 1. The van der Waals surface area contributed by atoms with Crippen molar-refractivity contribution in [1.29, 1.82) is 0 Å². The van der Waals surface area contributed by atoms with Gasteiger partial charge in [0.15, 0.2) is 0 Å². The van der Waals surface area contributed by atoms with Gasteiger partial charge in [-0.2, -0.15) is 0 Å². The molecule has 2 atom stereocenters. The van der Waals surface area contributed by atoms with Crippen LogP contribution in [0.15, 0.2) is 43.0 Å². The van der Waals surface area contributed by atoms with Crippen LogP contribution in [0.2, 0.25) is 0 Å². The molecule has 0 saturated heterocycles. The average molecular weight is 234 g/mol. The fourth-order valence-corrected chi connectivity index (χ4v) is 1.50. The Hall–Kier alpha value is -1.61. The fraction of sp³-hybridized carbons (Fsp3) is 0.357. The molecule has 1 rings (SSSR count). The molecule has 92 valence electrons. The van der Waals surface area contributed by atoms with E-state index in [0.717, 1.165) is 5.56 Å². The maximum Gasteiger partial charge on any atom is 0.306 e. The highest BCUT2D eigenvalue weighted by molar-refractivity contribution is 5.67. The zero-order valence-corrected chi connectivity index (χ0v) is 10.0. The average Bonchev–Trinajstić information content (AvgIpc) is 2.34. The Bertz CT molecular complexity index is 359. The van der Waals surface area contributed by atoms with E-state index in [2.05, 4.69) is 6.58 Å². The molecule has 0 heterocycles. The minimum absolute atomic E-state index is 0.0000201. The SMILES string of the molecule is C=C[C@H](C)[C@@H](CC(=O)O)OCc1ccccc1. The normalized spacial score (nSPS) is 13.9. The molecule has 1 N–H and O–H groups in total. The molecule has 0 radical (unpaired) electrons. The third-order valence-corrected chi connectivity index (χ3v) is 2.64. The van der Waals surface area contributed by atoms with E-state index < -0.39 is 5.97 Å². The van der Waals surface area contributed by atoms with Gasteiger partial charge in [0, 0.05) is 5.92 Å². The van der Waals surface area contributed by atoms with Gasteiger partial charge < -0.3 is 9.84 Å². The molecule has 17 heavy (non-hydrogen) atoms. The van der Waals surface area contributed by atoms with Crippen LogP contribution in [0.3, 0.4) is 0 Å². The number of hydrogen-bond acceptors (Lipinski definition) is 2. The third-order valence-electron chi connectivity index (χ3n) is 2.64. The lowest BCUT2D eigenvalue weighted by Crippen LogP contribution is -2.23. The summed E-state index contributed by atoms with van der Waals surface area (Å²) in [6, 6.07) is 9.71. The van der Waals surface area contributed by atoms with Gasteiger partial charge in [-0.25, -0.2) is 0 Å². The van der Waals surface area contributed by atoms with Crippen LogP contribution in [0.5, 0.6) is 0 Å². The summed E-state index contributed by atoms with van der Waals surface area (Å²) in [6.45, 7) is 6.01.